The molecule has 6 amide bonds. The number of hydrogen-bond acceptors (Lipinski definition) is 8. The van der Waals surface area contributed by atoms with E-state index < -0.39 is 78.4 Å². The second-order valence-electron chi connectivity index (χ2n) is 8.10. The number of carboxylic acids is 1. The first kappa shape index (κ1) is 30.2. The SMILES string of the molecule is CC(C)CC(N)C(=O)NC(CC(N)=O)C(=O)NC(CCC(N)=O)C(=O)NC(CC(N)=O)C(=O)O. The van der Waals surface area contributed by atoms with Crippen LogP contribution in [0.5, 0.6) is 0 Å². The largest absolute Gasteiger partial charge is 0.480 e. The van der Waals surface area contributed by atoms with Crippen molar-refractivity contribution in [3.05, 3.63) is 0 Å². The minimum atomic E-state index is -1.70. The number of nitrogens with one attached hydrogen (secondary N) is 3. The number of carbonyl (C=O) groups is 7. The molecular formula is C19H33N7O8. The van der Waals surface area contributed by atoms with Crippen molar-refractivity contribution < 1.29 is 38.7 Å². The van der Waals surface area contributed by atoms with E-state index in [9.17, 15) is 33.6 Å². The normalized spacial score (nSPS) is 14.2. The molecule has 0 saturated heterocycles. The summed E-state index contributed by atoms with van der Waals surface area (Å²) in [5, 5.41) is 15.7. The van der Waals surface area contributed by atoms with Gasteiger partial charge in [0, 0.05) is 6.42 Å². The zero-order valence-corrected chi connectivity index (χ0v) is 19.0. The van der Waals surface area contributed by atoms with Crippen LogP contribution < -0.4 is 38.9 Å². The van der Waals surface area contributed by atoms with Gasteiger partial charge in [-0.1, -0.05) is 13.8 Å². The van der Waals surface area contributed by atoms with E-state index in [-0.39, 0.29) is 25.2 Å². The lowest BCUT2D eigenvalue weighted by molar-refractivity contribution is -0.144. The Morgan fingerprint density at radius 3 is 1.59 bits per heavy atom. The van der Waals surface area contributed by atoms with E-state index in [4.69, 9.17) is 28.0 Å². The molecule has 0 aliphatic rings. The lowest BCUT2D eigenvalue weighted by Crippen LogP contribution is -2.58. The molecule has 0 spiro atoms. The van der Waals surface area contributed by atoms with Gasteiger partial charge in [0.05, 0.1) is 18.9 Å². The predicted molar refractivity (Wildman–Crippen MR) is 117 cm³/mol. The van der Waals surface area contributed by atoms with Gasteiger partial charge in [-0.25, -0.2) is 4.79 Å². The van der Waals surface area contributed by atoms with Gasteiger partial charge in [-0.05, 0) is 18.8 Å². The highest BCUT2D eigenvalue weighted by atomic mass is 16.4. The van der Waals surface area contributed by atoms with Gasteiger partial charge in [0.2, 0.25) is 35.4 Å². The molecule has 0 aliphatic carbocycles. The number of carboxylic acid groups (broad SMARTS) is 1. The summed E-state index contributed by atoms with van der Waals surface area (Å²) in [6.07, 6.45) is -1.80. The fourth-order valence-electron chi connectivity index (χ4n) is 2.81. The molecule has 0 aromatic carbocycles. The van der Waals surface area contributed by atoms with E-state index in [1.807, 2.05) is 19.2 Å². The summed E-state index contributed by atoms with van der Waals surface area (Å²) in [7, 11) is 0. The van der Waals surface area contributed by atoms with Crippen molar-refractivity contribution >= 4 is 41.4 Å². The Morgan fingerprint density at radius 1 is 0.706 bits per heavy atom. The van der Waals surface area contributed by atoms with Crippen molar-refractivity contribution in [3.63, 3.8) is 0 Å². The number of hydrogen-bond donors (Lipinski definition) is 8. The van der Waals surface area contributed by atoms with Crippen LogP contribution in [0.2, 0.25) is 0 Å². The first-order chi connectivity index (χ1) is 15.6. The van der Waals surface area contributed by atoms with Crippen LogP contribution in [0.4, 0.5) is 0 Å². The molecule has 34 heavy (non-hydrogen) atoms. The maximum atomic E-state index is 12.8. The molecule has 15 heteroatoms. The smallest absolute Gasteiger partial charge is 0.326 e. The molecule has 15 nitrogen and oxygen atoms in total. The van der Waals surface area contributed by atoms with Crippen LogP contribution in [0.3, 0.4) is 0 Å². The molecule has 0 heterocycles. The average Bonchev–Trinajstić information content (AvgIpc) is 2.68. The van der Waals surface area contributed by atoms with Crippen molar-refractivity contribution in [2.24, 2.45) is 28.9 Å². The van der Waals surface area contributed by atoms with Crippen molar-refractivity contribution in [2.45, 2.75) is 70.1 Å². The van der Waals surface area contributed by atoms with Crippen LogP contribution in [0.25, 0.3) is 0 Å². The maximum Gasteiger partial charge on any atom is 0.326 e. The summed E-state index contributed by atoms with van der Waals surface area (Å²) in [4.78, 5) is 82.6. The molecule has 0 bridgehead atoms. The standard InChI is InChI=1S/C19H33N7O8/c1-8(2)5-9(20)16(30)25-11(6-14(22)28)18(32)24-10(3-4-13(21)27)17(31)26-12(19(33)34)7-15(23)29/h8-12H,3-7,20H2,1-2H3,(H2,21,27)(H2,22,28)(H2,23,29)(H,24,32)(H,25,30)(H,26,31)(H,33,34). The summed E-state index contributed by atoms with van der Waals surface area (Å²) in [6, 6.07) is -5.70. The first-order valence-electron chi connectivity index (χ1n) is 10.4. The molecule has 0 fully saturated rings. The van der Waals surface area contributed by atoms with Crippen molar-refractivity contribution in [1.82, 2.24) is 16.0 Å². The molecular weight excluding hydrogens is 454 g/mol. The summed E-state index contributed by atoms with van der Waals surface area (Å²) in [5.74, 6) is -7.09. The Hall–Kier alpha value is -3.75. The lowest BCUT2D eigenvalue weighted by atomic mass is 10.0. The van der Waals surface area contributed by atoms with E-state index in [2.05, 4.69) is 10.6 Å². The number of nitrogens with two attached hydrogens (primary N) is 4. The second-order valence-corrected chi connectivity index (χ2v) is 8.10. The van der Waals surface area contributed by atoms with E-state index >= 15 is 0 Å². The fourth-order valence-corrected chi connectivity index (χ4v) is 2.81. The number of primary amides is 3. The third-order valence-corrected chi connectivity index (χ3v) is 4.43. The van der Waals surface area contributed by atoms with Gasteiger partial charge in [-0.3, -0.25) is 28.8 Å². The van der Waals surface area contributed by atoms with Gasteiger partial charge in [0.1, 0.15) is 18.1 Å². The molecule has 12 N–H and O–H groups in total. The molecule has 0 radical (unpaired) electrons. The van der Waals surface area contributed by atoms with Gasteiger partial charge < -0.3 is 44.0 Å². The highest BCUT2D eigenvalue weighted by molar-refractivity contribution is 5.96. The van der Waals surface area contributed by atoms with E-state index in [0.717, 1.165) is 0 Å². The Bertz CT molecular complexity index is 802. The fraction of sp³-hybridized carbons (Fsp3) is 0.632. The lowest BCUT2D eigenvalue weighted by Gasteiger charge is -2.24. The van der Waals surface area contributed by atoms with Gasteiger partial charge in [0.15, 0.2) is 0 Å². The number of rotatable bonds is 16. The Balaban J connectivity index is 5.61. The van der Waals surface area contributed by atoms with Crippen molar-refractivity contribution in [1.29, 1.82) is 0 Å². The molecule has 0 rings (SSSR count). The third kappa shape index (κ3) is 12.3. The van der Waals surface area contributed by atoms with Gasteiger partial charge in [-0.15, -0.1) is 0 Å². The molecule has 0 aromatic rings. The summed E-state index contributed by atoms with van der Waals surface area (Å²) < 4.78 is 0. The summed E-state index contributed by atoms with van der Waals surface area (Å²) in [5.41, 5.74) is 21.0. The topological polar surface area (TPSA) is 280 Å². The maximum absolute atomic E-state index is 12.8. The van der Waals surface area contributed by atoms with Crippen LogP contribution in [0.15, 0.2) is 0 Å². The third-order valence-electron chi connectivity index (χ3n) is 4.43. The summed E-state index contributed by atoms with van der Waals surface area (Å²) in [6.45, 7) is 3.65. The number of aliphatic carboxylic acids is 1. The molecule has 0 saturated carbocycles. The van der Waals surface area contributed by atoms with Gasteiger partial charge in [0.25, 0.3) is 0 Å². The molecule has 0 aromatic heterocycles. The van der Waals surface area contributed by atoms with Crippen molar-refractivity contribution in [3.8, 4) is 0 Å². The molecule has 4 unspecified atom stereocenters. The zero-order valence-electron chi connectivity index (χ0n) is 19.0. The number of amides is 6. The van der Waals surface area contributed by atoms with E-state index in [1.54, 1.807) is 0 Å². The molecule has 4 atom stereocenters. The van der Waals surface area contributed by atoms with Crippen molar-refractivity contribution in [2.75, 3.05) is 0 Å². The van der Waals surface area contributed by atoms with Gasteiger partial charge in [-0.2, -0.15) is 0 Å². The van der Waals surface area contributed by atoms with E-state index in [1.165, 1.54) is 0 Å². The quantitative estimate of drug-likeness (QED) is 0.105. The van der Waals surface area contributed by atoms with Crippen LogP contribution in [0.1, 0.15) is 46.0 Å². The van der Waals surface area contributed by atoms with Crippen LogP contribution in [-0.2, 0) is 33.6 Å². The summed E-state index contributed by atoms with van der Waals surface area (Å²) >= 11 is 0. The minimum Gasteiger partial charge on any atom is -0.480 e. The first-order valence-corrected chi connectivity index (χ1v) is 10.4. The Labute approximate surface area is 195 Å². The zero-order chi connectivity index (χ0) is 26.6. The predicted octanol–water partition coefficient (Wildman–Crippen LogP) is -4.08. The average molecular weight is 488 g/mol. The minimum absolute atomic E-state index is 0.0635. The van der Waals surface area contributed by atoms with E-state index in [0.29, 0.717) is 0 Å². The molecule has 192 valence electrons. The molecule has 0 aliphatic heterocycles. The Morgan fingerprint density at radius 2 is 1.15 bits per heavy atom. The monoisotopic (exact) mass is 487 g/mol. The van der Waals surface area contributed by atoms with Crippen LogP contribution in [0, 0.1) is 5.92 Å². The Kier molecular flexibility index (Phi) is 12.8. The second kappa shape index (κ2) is 14.4. The number of carbonyl (C=O) groups excluding carboxylic acids is 6. The van der Waals surface area contributed by atoms with Crippen LogP contribution >= 0.6 is 0 Å². The highest BCUT2D eigenvalue weighted by Gasteiger charge is 2.31. The van der Waals surface area contributed by atoms with Crippen LogP contribution in [-0.4, -0.2) is 70.7 Å². The van der Waals surface area contributed by atoms with Gasteiger partial charge >= 0.3 is 5.97 Å². The highest BCUT2D eigenvalue weighted by Crippen LogP contribution is 2.05.